The molecule has 1 aromatic carbocycles. The number of nitrogens with one attached hydrogen (secondary N) is 1. The first-order valence-electron chi connectivity index (χ1n) is 5.34. The van der Waals surface area contributed by atoms with Crippen LogP contribution in [0, 0.1) is 6.92 Å². The van der Waals surface area contributed by atoms with Crippen molar-refractivity contribution in [1.29, 1.82) is 0 Å². The zero-order chi connectivity index (χ0) is 10.8. The minimum absolute atomic E-state index is 0.420. The quantitative estimate of drug-likeness (QED) is 0.792. The second-order valence-corrected chi connectivity index (χ2v) is 4.06. The maximum Gasteiger partial charge on any atom is 0.142 e. The minimum Gasteiger partial charge on any atom is -0.489 e. The van der Waals surface area contributed by atoms with Gasteiger partial charge in [0.1, 0.15) is 12.4 Å². The Hall–Kier alpha value is -1.22. The molecule has 0 spiro atoms. The lowest BCUT2D eigenvalue weighted by molar-refractivity contribution is 0.264. The molecule has 1 aromatic rings. The number of para-hydroxylation sites is 1. The van der Waals surface area contributed by atoms with Crippen LogP contribution in [0.15, 0.2) is 18.2 Å². The number of aryl methyl sites for hydroxylation is 1. The van der Waals surface area contributed by atoms with E-state index in [4.69, 9.17) is 4.74 Å². The van der Waals surface area contributed by atoms with E-state index in [0.29, 0.717) is 6.04 Å². The molecule has 2 rings (SSSR count). The summed E-state index contributed by atoms with van der Waals surface area (Å²) in [6.07, 6.45) is 0. The van der Waals surface area contributed by atoms with Crippen molar-refractivity contribution in [3.05, 3.63) is 23.8 Å². The molecule has 1 atom stereocenters. The molecule has 0 radical (unpaired) electrons. The van der Waals surface area contributed by atoms with Gasteiger partial charge in [-0.3, -0.25) is 0 Å². The van der Waals surface area contributed by atoms with E-state index in [2.05, 4.69) is 30.3 Å². The van der Waals surface area contributed by atoms with Gasteiger partial charge in [-0.1, -0.05) is 12.1 Å². The second kappa shape index (κ2) is 4.11. The molecule has 3 heteroatoms. The Balaban J connectivity index is 2.32. The average Bonchev–Trinajstić information content (AvgIpc) is 2.22. The summed E-state index contributed by atoms with van der Waals surface area (Å²) in [6, 6.07) is 6.62. The molecule has 0 aliphatic carbocycles. The molecule has 3 nitrogen and oxygen atoms in total. The van der Waals surface area contributed by atoms with Crippen molar-refractivity contribution in [3.8, 4) is 5.75 Å². The van der Waals surface area contributed by atoms with Gasteiger partial charge in [0, 0.05) is 13.6 Å². The van der Waals surface area contributed by atoms with Gasteiger partial charge in [0.2, 0.25) is 0 Å². The predicted molar refractivity (Wildman–Crippen MR) is 62.8 cm³/mol. The van der Waals surface area contributed by atoms with E-state index in [1.54, 1.807) is 0 Å². The molecule has 1 aliphatic rings. The lowest BCUT2D eigenvalue weighted by Gasteiger charge is -2.36. The molecule has 0 saturated carbocycles. The van der Waals surface area contributed by atoms with Crippen LogP contribution in [0.4, 0.5) is 5.69 Å². The topological polar surface area (TPSA) is 24.5 Å². The average molecular weight is 206 g/mol. The maximum atomic E-state index is 5.76. The van der Waals surface area contributed by atoms with Crippen molar-refractivity contribution >= 4 is 5.69 Å². The Bertz CT molecular complexity index is 351. The van der Waals surface area contributed by atoms with Crippen LogP contribution in [0.1, 0.15) is 5.56 Å². The van der Waals surface area contributed by atoms with Gasteiger partial charge in [0.15, 0.2) is 0 Å². The van der Waals surface area contributed by atoms with Gasteiger partial charge in [0.05, 0.1) is 11.7 Å². The summed E-state index contributed by atoms with van der Waals surface area (Å²) in [5, 5.41) is 3.20. The summed E-state index contributed by atoms with van der Waals surface area (Å²) < 4.78 is 5.76. The molecule has 0 fully saturated rings. The first-order chi connectivity index (χ1) is 7.24. The van der Waals surface area contributed by atoms with Crippen molar-refractivity contribution in [2.24, 2.45) is 0 Å². The van der Waals surface area contributed by atoms with E-state index in [1.807, 2.05) is 19.2 Å². The SMILES string of the molecule is CNCC1COc2cccc(C)c2N1C. The van der Waals surface area contributed by atoms with Crippen LogP contribution in [0.25, 0.3) is 0 Å². The van der Waals surface area contributed by atoms with E-state index < -0.39 is 0 Å². The third-order valence-electron chi connectivity index (χ3n) is 2.97. The third-order valence-corrected chi connectivity index (χ3v) is 2.97. The number of benzene rings is 1. The van der Waals surface area contributed by atoms with E-state index in [1.165, 1.54) is 11.3 Å². The van der Waals surface area contributed by atoms with Crippen molar-refractivity contribution < 1.29 is 4.74 Å². The maximum absolute atomic E-state index is 5.76. The zero-order valence-corrected chi connectivity index (χ0v) is 9.58. The van der Waals surface area contributed by atoms with Gasteiger partial charge < -0.3 is 15.0 Å². The highest BCUT2D eigenvalue weighted by molar-refractivity contribution is 5.65. The van der Waals surface area contributed by atoms with Gasteiger partial charge in [-0.25, -0.2) is 0 Å². The Morgan fingerprint density at radius 1 is 1.53 bits per heavy atom. The van der Waals surface area contributed by atoms with E-state index in [0.717, 1.165) is 18.9 Å². The Kier molecular flexibility index (Phi) is 2.82. The van der Waals surface area contributed by atoms with Crippen LogP contribution in [-0.2, 0) is 0 Å². The van der Waals surface area contributed by atoms with Gasteiger partial charge >= 0.3 is 0 Å². The highest BCUT2D eigenvalue weighted by Crippen LogP contribution is 2.35. The Morgan fingerprint density at radius 2 is 2.33 bits per heavy atom. The number of hydrogen-bond donors (Lipinski definition) is 1. The van der Waals surface area contributed by atoms with Crippen LogP contribution in [0.3, 0.4) is 0 Å². The van der Waals surface area contributed by atoms with Crippen LogP contribution in [0.2, 0.25) is 0 Å². The molecule has 1 aliphatic heterocycles. The number of hydrogen-bond acceptors (Lipinski definition) is 3. The smallest absolute Gasteiger partial charge is 0.142 e. The number of nitrogens with zero attached hydrogens (tertiary/aromatic N) is 1. The molecule has 1 unspecified atom stereocenters. The van der Waals surface area contributed by atoms with Crippen molar-refractivity contribution in [1.82, 2.24) is 5.32 Å². The second-order valence-electron chi connectivity index (χ2n) is 4.06. The van der Waals surface area contributed by atoms with Gasteiger partial charge in [-0.2, -0.15) is 0 Å². The molecular formula is C12H18N2O. The van der Waals surface area contributed by atoms with Crippen molar-refractivity contribution in [2.75, 3.05) is 32.1 Å². The molecule has 0 saturated heterocycles. The number of ether oxygens (including phenoxy) is 1. The number of likely N-dealkylation sites (N-methyl/N-ethyl adjacent to an activating group) is 2. The van der Waals surface area contributed by atoms with Gasteiger partial charge in [-0.05, 0) is 25.6 Å². The summed E-state index contributed by atoms with van der Waals surface area (Å²) in [7, 11) is 4.11. The highest BCUT2D eigenvalue weighted by atomic mass is 16.5. The fraction of sp³-hybridized carbons (Fsp3) is 0.500. The molecule has 1 N–H and O–H groups in total. The summed E-state index contributed by atoms with van der Waals surface area (Å²) in [6.45, 7) is 3.83. The lowest BCUT2D eigenvalue weighted by atomic mass is 10.1. The van der Waals surface area contributed by atoms with Gasteiger partial charge in [-0.15, -0.1) is 0 Å². The van der Waals surface area contributed by atoms with E-state index in [9.17, 15) is 0 Å². The highest BCUT2D eigenvalue weighted by Gasteiger charge is 2.24. The fourth-order valence-corrected chi connectivity index (χ4v) is 2.11. The fourth-order valence-electron chi connectivity index (χ4n) is 2.11. The summed E-state index contributed by atoms with van der Waals surface area (Å²) in [5.41, 5.74) is 2.50. The molecule has 0 amide bonds. The van der Waals surface area contributed by atoms with Crippen LogP contribution in [-0.4, -0.2) is 33.3 Å². The normalized spacial score (nSPS) is 19.7. The van der Waals surface area contributed by atoms with Crippen molar-refractivity contribution in [2.45, 2.75) is 13.0 Å². The van der Waals surface area contributed by atoms with E-state index in [-0.39, 0.29) is 0 Å². The summed E-state index contributed by atoms with van der Waals surface area (Å²) in [5.74, 6) is 1.00. The molecule has 0 aromatic heterocycles. The van der Waals surface area contributed by atoms with Crippen LogP contribution >= 0.6 is 0 Å². The van der Waals surface area contributed by atoms with Gasteiger partial charge in [0.25, 0.3) is 0 Å². The first-order valence-corrected chi connectivity index (χ1v) is 5.34. The van der Waals surface area contributed by atoms with Crippen molar-refractivity contribution in [3.63, 3.8) is 0 Å². The van der Waals surface area contributed by atoms with Crippen LogP contribution < -0.4 is 15.0 Å². The summed E-state index contributed by atoms with van der Waals surface area (Å²) >= 11 is 0. The first kappa shape index (κ1) is 10.3. The summed E-state index contributed by atoms with van der Waals surface area (Å²) in [4.78, 5) is 2.31. The Morgan fingerprint density at radius 3 is 3.07 bits per heavy atom. The monoisotopic (exact) mass is 206 g/mol. The molecule has 1 heterocycles. The van der Waals surface area contributed by atoms with Crippen LogP contribution in [0.5, 0.6) is 5.75 Å². The minimum atomic E-state index is 0.420. The molecule has 0 bridgehead atoms. The predicted octanol–water partition coefficient (Wildman–Crippen LogP) is 1.41. The van der Waals surface area contributed by atoms with E-state index >= 15 is 0 Å². The third kappa shape index (κ3) is 1.79. The molecular weight excluding hydrogens is 188 g/mol. The molecule has 15 heavy (non-hydrogen) atoms. The zero-order valence-electron chi connectivity index (χ0n) is 9.58. The Labute approximate surface area is 91.0 Å². The number of anilines is 1. The number of rotatable bonds is 2. The number of fused-ring (bicyclic) bond motifs is 1. The lowest BCUT2D eigenvalue weighted by Crippen LogP contribution is -2.46. The molecule has 82 valence electrons. The standard InChI is InChI=1S/C12H18N2O/c1-9-5-4-6-11-12(9)14(3)10(7-13-2)8-15-11/h4-6,10,13H,7-8H2,1-3H3. The largest absolute Gasteiger partial charge is 0.489 e.